The van der Waals surface area contributed by atoms with Gasteiger partial charge in [-0.1, -0.05) is 72.7 Å². The van der Waals surface area contributed by atoms with Crippen LogP contribution in [-0.4, -0.2) is 12.6 Å². The van der Waals surface area contributed by atoms with Gasteiger partial charge in [-0.25, -0.2) is 0 Å². The fourth-order valence-corrected chi connectivity index (χ4v) is 2.63. The van der Waals surface area contributed by atoms with Gasteiger partial charge in [0, 0.05) is 6.04 Å². The second-order valence-corrected chi connectivity index (χ2v) is 7.86. The zero-order chi connectivity index (χ0) is 16.0. The summed E-state index contributed by atoms with van der Waals surface area (Å²) in [5.41, 5.74) is 3.27. The van der Waals surface area contributed by atoms with E-state index in [4.69, 9.17) is 0 Å². The maximum absolute atomic E-state index is 3.67. The second-order valence-electron chi connectivity index (χ2n) is 7.86. The first-order valence-electron chi connectivity index (χ1n) is 8.56. The first-order chi connectivity index (χ1) is 9.74. The third-order valence-corrected chi connectivity index (χ3v) is 4.74. The average Bonchev–Trinajstić information content (AvgIpc) is 2.38. The average molecular weight is 290 g/mol. The summed E-state index contributed by atoms with van der Waals surface area (Å²) in [5.74, 6) is 1.33. The van der Waals surface area contributed by atoms with Gasteiger partial charge in [0.25, 0.3) is 0 Å². The topological polar surface area (TPSA) is 12.0 Å². The minimum absolute atomic E-state index is 0.384. The Morgan fingerprint density at radius 3 is 2.00 bits per heavy atom. The lowest BCUT2D eigenvalue weighted by molar-refractivity contribution is 0.222. The summed E-state index contributed by atoms with van der Waals surface area (Å²) in [6, 6.07) is 9.77. The van der Waals surface area contributed by atoms with Crippen molar-refractivity contribution in [1.82, 2.24) is 5.32 Å². The molecule has 2 atom stereocenters. The quantitative estimate of drug-likeness (QED) is 0.708. The fraction of sp³-hybridized carbons (Fsp3) is 0.700. The van der Waals surface area contributed by atoms with Gasteiger partial charge in [-0.2, -0.15) is 0 Å². The van der Waals surface area contributed by atoms with E-state index in [9.17, 15) is 0 Å². The molecule has 1 aromatic rings. The number of hydrogen-bond donors (Lipinski definition) is 1. The molecule has 21 heavy (non-hydrogen) atoms. The largest absolute Gasteiger partial charge is 0.314 e. The summed E-state index contributed by atoms with van der Waals surface area (Å²) < 4.78 is 0. The molecule has 0 heterocycles. The van der Waals surface area contributed by atoms with Crippen molar-refractivity contribution in [1.29, 1.82) is 0 Å². The van der Waals surface area contributed by atoms with Gasteiger partial charge >= 0.3 is 0 Å². The third kappa shape index (κ3) is 6.22. The Morgan fingerprint density at radius 2 is 1.57 bits per heavy atom. The van der Waals surface area contributed by atoms with Crippen LogP contribution in [0.1, 0.15) is 71.9 Å². The Labute approximate surface area is 132 Å². The van der Waals surface area contributed by atoms with Crippen molar-refractivity contribution in [3.8, 4) is 0 Å². The smallest absolute Gasteiger partial charge is 0.0110 e. The van der Waals surface area contributed by atoms with Crippen molar-refractivity contribution in [3.05, 3.63) is 35.4 Å². The molecule has 1 nitrogen and oxygen atoms in total. The van der Waals surface area contributed by atoms with Crippen molar-refractivity contribution in [2.24, 2.45) is 11.3 Å². The van der Waals surface area contributed by atoms with Crippen LogP contribution in [0.15, 0.2) is 24.3 Å². The normalized spacial score (nSPS) is 15.2. The van der Waals surface area contributed by atoms with E-state index in [-0.39, 0.29) is 0 Å². The Bertz CT molecular complexity index is 397. The molecule has 0 saturated carbocycles. The van der Waals surface area contributed by atoms with Crippen LogP contribution >= 0.6 is 0 Å². The van der Waals surface area contributed by atoms with Gasteiger partial charge in [-0.3, -0.25) is 0 Å². The Balaban J connectivity index is 2.69. The first-order valence-corrected chi connectivity index (χ1v) is 8.56. The highest BCUT2D eigenvalue weighted by Gasteiger charge is 2.23. The molecule has 0 saturated heterocycles. The number of likely N-dealkylation sites (N-methyl/N-ethyl adjacent to an activating group) is 1. The van der Waals surface area contributed by atoms with Crippen LogP contribution in [0.25, 0.3) is 0 Å². The standard InChI is InChI=1S/C20H35N/c1-8-21-19(13-16(4)20(5,6)7)14-17-9-11-18(12-10-17)15(2)3/h9-12,15-16,19,21H,8,13-14H2,1-7H3. The zero-order valence-corrected chi connectivity index (χ0v) is 15.2. The number of hydrogen-bond acceptors (Lipinski definition) is 1. The lowest BCUT2D eigenvalue weighted by Crippen LogP contribution is -2.35. The van der Waals surface area contributed by atoms with E-state index in [1.54, 1.807) is 0 Å². The van der Waals surface area contributed by atoms with Gasteiger partial charge in [0.2, 0.25) is 0 Å². The van der Waals surface area contributed by atoms with Crippen molar-refractivity contribution >= 4 is 0 Å². The van der Waals surface area contributed by atoms with E-state index >= 15 is 0 Å². The maximum Gasteiger partial charge on any atom is 0.0110 e. The highest BCUT2D eigenvalue weighted by molar-refractivity contribution is 5.25. The first kappa shape index (κ1) is 18.2. The molecule has 1 heteroatoms. The molecule has 0 aliphatic rings. The highest BCUT2D eigenvalue weighted by atomic mass is 14.9. The molecule has 0 spiro atoms. The molecule has 0 amide bonds. The van der Waals surface area contributed by atoms with Gasteiger partial charge in [0.1, 0.15) is 0 Å². The Kier molecular flexibility index (Phi) is 6.93. The lowest BCUT2D eigenvalue weighted by atomic mass is 9.77. The predicted octanol–water partition coefficient (Wildman–Crippen LogP) is 5.40. The van der Waals surface area contributed by atoms with Gasteiger partial charge in [0.05, 0.1) is 0 Å². The molecule has 1 N–H and O–H groups in total. The summed E-state index contributed by atoms with van der Waals surface area (Å²) in [6.45, 7) is 17.2. The van der Waals surface area contributed by atoms with E-state index in [2.05, 4.69) is 78.0 Å². The minimum Gasteiger partial charge on any atom is -0.314 e. The van der Waals surface area contributed by atoms with Crippen LogP contribution in [0.4, 0.5) is 0 Å². The molecule has 0 fully saturated rings. The Hall–Kier alpha value is -0.820. The van der Waals surface area contributed by atoms with E-state index in [0.29, 0.717) is 17.4 Å². The summed E-state index contributed by atoms with van der Waals surface area (Å²) in [4.78, 5) is 0. The van der Waals surface area contributed by atoms with Crippen LogP contribution in [0, 0.1) is 11.3 Å². The molecule has 1 aromatic carbocycles. The van der Waals surface area contributed by atoms with E-state index < -0.39 is 0 Å². The molecule has 1 rings (SSSR count). The van der Waals surface area contributed by atoms with Gasteiger partial charge in [0.15, 0.2) is 0 Å². The van der Waals surface area contributed by atoms with Gasteiger partial charge in [-0.15, -0.1) is 0 Å². The van der Waals surface area contributed by atoms with Gasteiger partial charge < -0.3 is 5.32 Å². The molecule has 0 aromatic heterocycles. The molecule has 0 aliphatic carbocycles. The van der Waals surface area contributed by atoms with E-state index in [1.807, 2.05) is 0 Å². The Morgan fingerprint density at radius 1 is 1.00 bits per heavy atom. The molecule has 0 bridgehead atoms. The van der Waals surface area contributed by atoms with Gasteiger partial charge in [-0.05, 0) is 47.8 Å². The summed E-state index contributed by atoms with van der Waals surface area (Å²) in [5, 5.41) is 3.67. The minimum atomic E-state index is 0.384. The highest BCUT2D eigenvalue weighted by Crippen LogP contribution is 2.29. The van der Waals surface area contributed by atoms with Crippen LogP contribution in [0.2, 0.25) is 0 Å². The van der Waals surface area contributed by atoms with Crippen LogP contribution in [0.3, 0.4) is 0 Å². The van der Waals surface area contributed by atoms with Crippen molar-refractivity contribution < 1.29 is 0 Å². The summed E-state index contributed by atoms with van der Waals surface area (Å²) >= 11 is 0. The third-order valence-electron chi connectivity index (χ3n) is 4.74. The molecule has 0 aliphatic heterocycles. The second kappa shape index (κ2) is 7.98. The summed E-state index contributed by atoms with van der Waals surface area (Å²) in [7, 11) is 0. The molecule has 0 radical (unpaired) electrons. The molecule has 120 valence electrons. The SMILES string of the molecule is CCNC(Cc1ccc(C(C)C)cc1)CC(C)C(C)(C)C. The van der Waals surface area contributed by atoms with Crippen LogP contribution in [0.5, 0.6) is 0 Å². The van der Waals surface area contributed by atoms with E-state index in [1.165, 1.54) is 17.5 Å². The monoisotopic (exact) mass is 289 g/mol. The van der Waals surface area contributed by atoms with Crippen molar-refractivity contribution in [3.63, 3.8) is 0 Å². The van der Waals surface area contributed by atoms with Crippen LogP contribution < -0.4 is 5.32 Å². The molecule has 2 unspecified atom stereocenters. The van der Waals surface area contributed by atoms with Crippen molar-refractivity contribution in [2.75, 3.05) is 6.54 Å². The lowest BCUT2D eigenvalue weighted by Gasteiger charge is -2.31. The molecular formula is C20H35N. The van der Waals surface area contributed by atoms with E-state index in [0.717, 1.165) is 18.9 Å². The molecular weight excluding hydrogens is 254 g/mol. The summed E-state index contributed by atoms with van der Waals surface area (Å²) in [6.07, 6.45) is 2.37. The zero-order valence-electron chi connectivity index (χ0n) is 15.2. The number of rotatable bonds is 7. The number of nitrogens with one attached hydrogen (secondary N) is 1. The van der Waals surface area contributed by atoms with Crippen molar-refractivity contribution in [2.45, 2.75) is 73.3 Å². The maximum atomic E-state index is 3.67. The fourth-order valence-electron chi connectivity index (χ4n) is 2.63. The van der Waals surface area contributed by atoms with Crippen LogP contribution in [-0.2, 0) is 6.42 Å². The number of benzene rings is 1. The predicted molar refractivity (Wildman–Crippen MR) is 94.9 cm³/mol.